The minimum Gasteiger partial charge on any atom is -0.300 e. The molecule has 0 N–H and O–H groups in total. The van der Waals surface area contributed by atoms with Gasteiger partial charge in [-0.15, -0.1) is 5.10 Å². The Hall–Kier alpha value is -0.970. The molecule has 2 heterocycles. The summed E-state index contributed by atoms with van der Waals surface area (Å²) in [5.41, 5.74) is 0. The standard InChI is InChI=1S/C10H17N5/c1-6(2)15-4-7-8(5-15)9(7)10-11-12-13-14(10)3/h6-9H,4-5H2,1-3H3/t7-,8+,9?. The first-order valence-electron chi connectivity index (χ1n) is 5.64. The number of fused-ring (bicyclic) bond motifs is 1. The lowest BCUT2D eigenvalue weighted by Crippen LogP contribution is -2.31. The largest absolute Gasteiger partial charge is 0.300 e. The van der Waals surface area contributed by atoms with Gasteiger partial charge in [0.15, 0.2) is 5.82 Å². The maximum Gasteiger partial charge on any atom is 0.154 e. The molecule has 1 saturated carbocycles. The summed E-state index contributed by atoms with van der Waals surface area (Å²) in [5, 5.41) is 11.7. The molecule has 1 aliphatic carbocycles. The van der Waals surface area contributed by atoms with Gasteiger partial charge in [0.2, 0.25) is 0 Å². The Bertz CT molecular complexity index is 360. The van der Waals surface area contributed by atoms with Crippen molar-refractivity contribution in [2.75, 3.05) is 13.1 Å². The van der Waals surface area contributed by atoms with E-state index in [0.29, 0.717) is 12.0 Å². The van der Waals surface area contributed by atoms with E-state index in [2.05, 4.69) is 34.3 Å². The summed E-state index contributed by atoms with van der Waals surface area (Å²) in [7, 11) is 1.93. The molecule has 0 aromatic carbocycles. The van der Waals surface area contributed by atoms with Crippen molar-refractivity contribution in [2.45, 2.75) is 25.8 Å². The Labute approximate surface area is 89.4 Å². The van der Waals surface area contributed by atoms with Gasteiger partial charge >= 0.3 is 0 Å². The monoisotopic (exact) mass is 207 g/mol. The predicted octanol–water partition coefficient (Wildman–Crippen LogP) is 0.264. The SMILES string of the molecule is CC(C)N1C[C@@H]2C(c3nnnn3C)[C@@H]2C1. The molecule has 1 aromatic rings. The second-order valence-corrected chi connectivity index (χ2v) is 5.06. The smallest absolute Gasteiger partial charge is 0.154 e. The Kier molecular flexibility index (Phi) is 1.86. The van der Waals surface area contributed by atoms with Crippen LogP contribution in [-0.4, -0.2) is 44.2 Å². The first-order valence-corrected chi connectivity index (χ1v) is 5.64. The first kappa shape index (κ1) is 9.27. The lowest BCUT2D eigenvalue weighted by atomic mass is 10.2. The molecular weight excluding hydrogens is 190 g/mol. The van der Waals surface area contributed by atoms with Gasteiger partial charge in [0.05, 0.1) is 0 Å². The maximum atomic E-state index is 4.11. The van der Waals surface area contributed by atoms with Crippen molar-refractivity contribution < 1.29 is 0 Å². The second-order valence-electron chi connectivity index (χ2n) is 5.06. The van der Waals surface area contributed by atoms with Crippen LogP contribution in [0.2, 0.25) is 0 Å². The Morgan fingerprint density at radius 3 is 2.40 bits per heavy atom. The number of nitrogens with zero attached hydrogens (tertiary/aromatic N) is 5. The molecule has 15 heavy (non-hydrogen) atoms. The van der Waals surface area contributed by atoms with Crippen molar-refractivity contribution >= 4 is 0 Å². The van der Waals surface area contributed by atoms with Gasteiger partial charge in [-0.3, -0.25) is 0 Å². The zero-order chi connectivity index (χ0) is 10.6. The minimum absolute atomic E-state index is 0.625. The average Bonchev–Trinajstić information content (AvgIpc) is 2.63. The van der Waals surface area contributed by atoms with E-state index in [9.17, 15) is 0 Å². The molecule has 2 aliphatic rings. The van der Waals surface area contributed by atoms with E-state index in [1.54, 1.807) is 0 Å². The molecule has 3 rings (SSSR count). The van der Waals surface area contributed by atoms with E-state index in [1.807, 2.05) is 11.7 Å². The van der Waals surface area contributed by atoms with E-state index in [0.717, 1.165) is 17.7 Å². The Balaban J connectivity index is 1.71. The molecule has 82 valence electrons. The van der Waals surface area contributed by atoms with Crippen molar-refractivity contribution in [1.29, 1.82) is 0 Å². The van der Waals surface area contributed by atoms with Crippen LogP contribution in [-0.2, 0) is 7.05 Å². The summed E-state index contributed by atoms with van der Waals surface area (Å²) < 4.78 is 1.82. The fraction of sp³-hybridized carbons (Fsp3) is 0.900. The van der Waals surface area contributed by atoms with Gasteiger partial charge in [0.25, 0.3) is 0 Å². The van der Waals surface area contributed by atoms with Crippen LogP contribution in [0.25, 0.3) is 0 Å². The number of tetrazole rings is 1. The molecule has 0 radical (unpaired) electrons. The van der Waals surface area contributed by atoms with Crippen LogP contribution in [0.4, 0.5) is 0 Å². The Morgan fingerprint density at radius 2 is 1.93 bits per heavy atom. The average molecular weight is 207 g/mol. The molecule has 1 aromatic heterocycles. The molecule has 1 unspecified atom stereocenters. The fourth-order valence-corrected chi connectivity index (χ4v) is 2.88. The first-order chi connectivity index (χ1) is 7.18. The van der Waals surface area contributed by atoms with Gasteiger partial charge in [0.1, 0.15) is 0 Å². The molecule has 5 nitrogen and oxygen atoms in total. The molecule has 0 amide bonds. The zero-order valence-electron chi connectivity index (χ0n) is 9.46. The van der Waals surface area contributed by atoms with E-state index in [-0.39, 0.29) is 0 Å². The summed E-state index contributed by atoms with van der Waals surface area (Å²) in [5.74, 6) is 3.31. The second kappa shape index (κ2) is 3.01. The van der Waals surface area contributed by atoms with Crippen molar-refractivity contribution in [3.63, 3.8) is 0 Å². The van der Waals surface area contributed by atoms with Crippen LogP contribution in [0, 0.1) is 11.8 Å². The lowest BCUT2D eigenvalue weighted by molar-refractivity contribution is 0.241. The quantitative estimate of drug-likeness (QED) is 0.698. The predicted molar refractivity (Wildman–Crippen MR) is 55.2 cm³/mol. The topological polar surface area (TPSA) is 46.8 Å². The van der Waals surface area contributed by atoms with Gasteiger partial charge in [-0.05, 0) is 36.1 Å². The third-order valence-corrected chi connectivity index (χ3v) is 3.90. The molecule has 1 aliphatic heterocycles. The van der Waals surface area contributed by atoms with Crippen LogP contribution in [0.1, 0.15) is 25.6 Å². The molecule has 1 saturated heterocycles. The van der Waals surface area contributed by atoms with Crippen LogP contribution in [0.15, 0.2) is 0 Å². The van der Waals surface area contributed by atoms with E-state index < -0.39 is 0 Å². The summed E-state index contributed by atoms with van der Waals surface area (Å²) in [4.78, 5) is 2.55. The number of likely N-dealkylation sites (tertiary alicyclic amines) is 1. The molecule has 0 bridgehead atoms. The summed E-state index contributed by atoms with van der Waals surface area (Å²) in [6, 6.07) is 0.677. The number of hydrogen-bond acceptors (Lipinski definition) is 4. The van der Waals surface area contributed by atoms with Crippen molar-refractivity contribution in [3.05, 3.63) is 5.82 Å². The summed E-state index contributed by atoms with van der Waals surface area (Å²) >= 11 is 0. The molecule has 2 fully saturated rings. The third kappa shape index (κ3) is 1.29. The van der Waals surface area contributed by atoms with Gasteiger partial charge < -0.3 is 4.90 Å². The molecule has 0 spiro atoms. The third-order valence-electron chi connectivity index (χ3n) is 3.90. The highest BCUT2D eigenvalue weighted by Crippen LogP contribution is 2.57. The lowest BCUT2D eigenvalue weighted by Gasteiger charge is -2.23. The van der Waals surface area contributed by atoms with Gasteiger partial charge in [0, 0.05) is 32.1 Å². The normalized spacial score (nSPS) is 34.8. The summed E-state index contributed by atoms with van der Waals surface area (Å²) in [6.45, 7) is 6.98. The minimum atomic E-state index is 0.625. The summed E-state index contributed by atoms with van der Waals surface area (Å²) in [6.07, 6.45) is 0. The van der Waals surface area contributed by atoms with E-state index in [1.165, 1.54) is 13.1 Å². The number of rotatable bonds is 2. The van der Waals surface area contributed by atoms with E-state index >= 15 is 0 Å². The Morgan fingerprint density at radius 1 is 1.27 bits per heavy atom. The number of piperidine rings is 1. The number of aromatic nitrogens is 4. The highest BCUT2D eigenvalue weighted by molar-refractivity contribution is 5.19. The van der Waals surface area contributed by atoms with Crippen LogP contribution >= 0.6 is 0 Å². The highest BCUT2D eigenvalue weighted by Gasteiger charge is 2.58. The highest BCUT2D eigenvalue weighted by atomic mass is 15.5. The fourth-order valence-electron chi connectivity index (χ4n) is 2.88. The van der Waals surface area contributed by atoms with Crippen molar-refractivity contribution in [3.8, 4) is 0 Å². The van der Waals surface area contributed by atoms with Gasteiger partial charge in [-0.1, -0.05) is 0 Å². The zero-order valence-corrected chi connectivity index (χ0v) is 9.46. The molecule has 5 heteroatoms. The number of hydrogen-bond donors (Lipinski definition) is 0. The van der Waals surface area contributed by atoms with Crippen LogP contribution in [0.5, 0.6) is 0 Å². The van der Waals surface area contributed by atoms with Gasteiger partial charge in [-0.25, -0.2) is 4.68 Å². The van der Waals surface area contributed by atoms with Gasteiger partial charge in [-0.2, -0.15) is 0 Å². The maximum absolute atomic E-state index is 4.11. The van der Waals surface area contributed by atoms with Crippen LogP contribution < -0.4 is 0 Å². The molecule has 3 atom stereocenters. The molecular formula is C10H17N5. The van der Waals surface area contributed by atoms with Crippen molar-refractivity contribution in [1.82, 2.24) is 25.1 Å². The van der Waals surface area contributed by atoms with Crippen LogP contribution in [0.3, 0.4) is 0 Å². The van der Waals surface area contributed by atoms with E-state index in [4.69, 9.17) is 0 Å². The number of aryl methyl sites for hydroxylation is 1. The van der Waals surface area contributed by atoms with Crippen molar-refractivity contribution in [2.24, 2.45) is 18.9 Å².